The molecule has 0 bridgehead atoms. The molecule has 2 heteroatoms. The maximum atomic E-state index is 4.88. The van der Waals surface area contributed by atoms with Crippen LogP contribution < -0.4 is 0 Å². The van der Waals surface area contributed by atoms with E-state index in [0.717, 1.165) is 10.0 Å². The minimum atomic E-state index is 0.477. The van der Waals surface area contributed by atoms with Crippen LogP contribution in [0.15, 0.2) is 16.6 Å². The number of hydrogen-bond acceptors (Lipinski definition) is 1. The zero-order valence-electron chi connectivity index (χ0n) is 8.65. The van der Waals surface area contributed by atoms with Crippen LogP contribution in [-0.2, 0) is 4.74 Å². The lowest BCUT2D eigenvalue weighted by Gasteiger charge is -2.03. The van der Waals surface area contributed by atoms with Crippen molar-refractivity contribution in [3.8, 4) is 11.8 Å². The van der Waals surface area contributed by atoms with Gasteiger partial charge in [0.1, 0.15) is 6.61 Å². The van der Waals surface area contributed by atoms with E-state index in [2.05, 4.69) is 47.7 Å². The van der Waals surface area contributed by atoms with E-state index in [-0.39, 0.29) is 0 Å². The summed E-state index contributed by atoms with van der Waals surface area (Å²) >= 11 is 3.46. The van der Waals surface area contributed by atoms with Gasteiger partial charge in [0.2, 0.25) is 0 Å². The highest BCUT2D eigenvalue weighted by Gasteiger charge is 1.99. The van der Waals surface area contributed by atoms with Crippen molar-refractivity contribution in [1.82, 2.24) is 0 Å². The Labute approximate surface area is 93.6 Å². The second-order valence-corrected chi connectivity index (χ2v) is 4.05. The molecule has 14 heavy (non-hydrogen) atoms. The molecule has 0 saturated carbocycles. The monoisotopic (exact) mass is 252 g/mol. The average molecular weight is 253 g/mol. The van der Waals surface area contributed by atoms with Gasteiger partial charge in [0.15, 0.2) is 0 Å². The zero-order chi connectivity index (χ0) is 10.6. The number of aryl methyl sites for hydroxylation is 1. The molecule has 0 aliphatic carbocycles. The van der Waals surface area contributed by atoms with Gasteiger partial charge in [-0.3, -0.25) is 0 Å². The lowest BCUT2D eigenvalue weighted by Crippen LogP contribution is -1.88. The van der Waals surface area contributed by atoms with Gasteiger partial charge in [0.25, 0.3) is 0 Å². The molecule has 0 aliphatic rings. The third kappa shape index (κ3) is 2.87. The van der Waals surface area contributed by atoms with Crippen LogP contribution in [0, 0.1) is 25.7 Å². The quantitative estimate of drug-likeness (QED) is 0.699. The second-order valence-electron chi connectivity index (χ2n) is 3.13. The maximum absolute atomic E-state index is 4.88. The fourth-order valence-electron chi connectivity index (χ4n) is 1.15. The Kier molecular flexibility index (Phi) is 4.19. The van der Waals surface area contributed by atoms with Crippen molar-refractivity contribution in [1.29, 1.82) is 0 Å². The highest BCUT2D eigenvalue weighted by atomic mass is 79.9. The summed E-state index contributed by atoms with van der Waals surface area (Å²) in [6, 6.07) is 4.13. The van der Waals surface area contributed by atoms with Gasteiger partial charge in [-0.1, -0.05) is 27.8 Å². The largest absolute Gasteiger partial charge is 0.372 e. The van der Waals surface area contributed by atoms with Crippen molar-refractivity contribution < 1.29 is 4.74 Å². The predicted octanol–water partition coefficient (Wildman–Crippen LogP) is 3.06. The van der Waals surface area contributed by atoms with Crippen LogP contribution >= 0.6 is 15.9 Å². The van der Waals surface area contributed by atoms with Gasteiger partial charge in [-0.15, -0.1) is 0 Å². The van der Waals surface area contributed by atoms with Crippen molar-refractivity contribution in [2.45, 2.75) is 13.8 Å². The molecule has 74 valence electrons. The van der Waals surface area contributed by atoms with Crippen LogP contribution in [0.3, 0.4) is 0 Å². The van der Waals surface area contributed by atoms with Crippen LogP contribution in [0.5, 0.6) is 0 Å². The van der Waals surface area contributed by atoms with E-state index in [1.54, 1.807) is 7.11 Å². The first-order chi connectivity index (χ1) is 6.65. The van der Waals surface area contributed by atoms with Crippen molar-refractivity contribution in [3.63, 3.8) is 0 Å². The van der Waals surface area contributed by atoms with Crippen LogP contribution in [0.1, 0.15) is 16.7 Å². The Bertz CT molecular complexity index is 385. The lowest BCUT2D eigenvalue weighted by molar-refractivity contribution is 0.240. The fraction of sp³-hybridized carbons (Fsp3) is 0.333. The smallest absolute Gasteiger partial charge is 0.107 e. The molecule has 0 N–H and O–H groups in total. The molecule has 0 heterocycles. The first-order valence-corrected chi connectivity index (χ1v) is 5.19. The highest BCUT2D eigenvalue weighted by molar-refractivity contribution is 9.10. The Morgan fingerprint density at radius 3 is 2.71 bits per heavy atom. The van der Waals surface area contributed by atoms with Crippen LogP contribution in [0.4, 0.5) is 0 Å². The molecule has 1 rings (SSSR count). The summed E-state index contributed by atoms with van der Waals surface area (Å²) in [4.78, 5) is 0. The molecular weight excluding hydrogens is 240 g/mol. The summed E-state index contributed by atoms with van der Waals surface area (Å²) in [5.74, 6) is 6.04. The summed E-state index contributed by atoms with van der Waals surface area (Å²) in [6.07, 6.45) is 0. The SMILES string of the molecule is COCC#Cc1cc(Br)cc(C)c1C. The lowest BCUT2D eigenvalue weighted by atomic mass is 10.0. The average Bonchev–Trinajstić information content (AvgIpc) is 2.13. The van der Waals surface area contributed by atoms with E-state index in [4.69, 9.17) is 4.74 Å². The number of ether oxygens (including phenoxy) is 1. The molecule has 0 fully saturated rings. The molecule has 1 nitrogen and oxygen atoms in total. The van der Waals surface area contributed by atoms with Crippen molar-refractivity contribution in [2.75, 3.05) is 13.7 Å². The Morgan fingerprint density at radius 1 is 1.36 bits per heavy atom. The Balaban J connectivity index is 3.04. The number of hydrogen-bond donors (Lipinski definition) is 0. The van der Waals surface area contributed by atoms with Gasteiger partial charge >= 0.3 is 0 Å². The van der Waals surface area contributed by atoms with E-state index >= 15 is 0 Å². The maximum Gasteiger partial charge on any atom is 0.107 e. The molecule has 1 aromatic rings. The van der Waals surface area contributed by atoms with Crippen molar-refractivity contribution in [3.05, 3.63) is 33.3 Å². The molecule has 0 amide bonds. The molecule has 0 aromatic heterocycles. The highest BCUT2D eigenvalue weighted by Crippen LogP contribution is 2.19. The van der Waals surface area contributed by atoms with Crippen molar-refractivity contribution >= 4 is 15.9 Å². The summed E-state index contributed by atoms with van der Waals surface area (Å²) in [5.41, 5.74) is 3.55. The number of benzene rings is 1. The first kappa shape index (κ1) is 11.3. The van der Waals surface area contributed by atoms with Crippen LogP contribution in [0.25, 0.3) is 0 Å². The second kappa shape index (κ2) is 5.19. The van der Waals surface area contributed by atoms with E-state index in [0.29, 0.717) is 6.61 Å². The van der Waals surface area contributed by atoms with E-state index < -0.39 is 0 Å². The van der Waals surface area contributed by atoms with Gasteiger partial charge < -0.3 is 4.74 Å². The summed E-state index contributed by atoms with van der Waals surface area (Å²) in [5, 5.41) is 0. The third-order valence-corrected chi connectivity index (χ3v) is 2.53. The van der Waals surface area contributed by atoms with Gasteiger partial charge in [-0.2, -0.15) is 0 Å². The standard InChI is InChI=1S/C12H13BrO/c1-9-7-12(13)8-11(10(9)2)5-4-6-14-3/h7-8H,6H2,1-3H3. The summed E-state index contributed by atoms with van der Waals surface area (Å²) in [7, 11) is 1.65. The predicted molar refractivity (Wildman–Crippen MR) is 62.4 cm³/mol. The van der Waals surface area contributed by atoms with Gasteiger partial charge in [-0.05, 0) is 37.1 Å². The number of methoxy groups -OCH3 is 1. The minimum Gasteiger partial charge on any atom is -0.372 e. The molecule has 0 radical (unpaired) electrons. The molecule has 1 aromatic carbocycles. The molecule has 0 atom stereocenters. The van der Waals surface area contributed by atoms with Crippen LogP contribution in [0.2, 0.25) is 0 Å². The van der Waals surface area contributed by atoms with Gasteiger partial charge in [0, 0.05) is 17.1 Å². The normalized spacial score (nSPS) is 9.43. The molecular formula is C12H13BrO. The Hall–Kier alpha value is -0.780. The van der Waals surface area contributed by atoms with Gasteiger partial charge in [-0.25, -0.2) is 0 Å². The molecule has 0 aliphatic heterocycles. The number of halogens is 1. The molecule has 0 spiro atoms. The zero-order valence-corrected chi connectivity index (χ0v) is 10.2. The fourth-order valence-corrected chi connectivity index (χ4v) is 1.72. The summed E-state index contributed by atoms with van der Waals surface area (Å²) < 4.78 is 5.95. The Morgan fingerprint density at radius 2 is 2.07 bits per heavy atom. The topological polar surface area (TPSA) is 9.23 Å². The van der Waals surface area contributed by atoms with Crippen molar-refractivity contribution in [2.24, 2.45) is 0 Å². The number of rotatable bonds is 1. The van der Waals surface area contributed by atoms with Crippen LogP contribution in [-0.4, -0.2) is 13.7 Å². The van der Waals surface area contributed by atoms with E-state index in [1.807, 2.05) is 6.07 Å². The third-order valence-electron chi connectivity index (χ3n) is 2.07. The molecule has 0 unspecified atom stereocenters. The van der Waals surface area contributed by atoms with E-state index in [9.17, 15) is 0 Å². The summed E-state index contributed by atoms with van der Waals surface area (Å²) in [6.45, 7) is 4.64. The van der Waals surface area contributed by atoms with E-state index in [1.165, 1.54) is 11.1 Å². The van der Waals surface area contributed by atoms with Gasteiger partial charge in [0.05, 0.1) is 0 Å². The first-order valence-electron chi connectivity index (χ1n) is 4.39. The minimum absolute atomic E-state index is 0.477. The molecule has 0 saturated heterocycles.